The molecule has 1 amide bonds. The van der Waals surface area contributed by atoms with Crippen molar-refractivity contribution in [2.24, 2.45) is 0 Å². The summed E-state index contributed by atoms with van der Waals surface area (Å²) in [6, 6.07) is 20.3. The maximum atomic E-state index is 12.0. The van der Waals surface area contributed by atoms with Gasteiger partial charge in [0.1, 0.15) is 0 Å². The van der Waals surface area contributed by atoms with Crippen molar-refractivity contribution in [3.05, 3.63) is 83.6 Å². The number of aromatic nitrogens is 2. The average molecular weight is 335 g/mol. The molecular formula is C20H21N3O2. The third kappa shape index (κ3) is 5.28. The van der Waals surface area contributed by atoms with Gasteiger partial charge in [0.25, 0.3) is 0 Å². The number of hydrogen-bond donors (Lipinski definition) is 1. The van der Waals surface area contributed by atoms with E-state index < -0.39 is 0 Å². The van der Waals surface area contributed by atoms with Crippen LogP contribution in [0.15, 0.2) is 65.1 Å². The van der Waals surface area contributed by atoms with Crippen molar-refractivity contribution in [3.63, 3.8) is 0 Å². The summed E-state index contributed by atoms with van der Waals surface area (Å²) in [6.45, 7) is 0.579. The molecule has 0 saturated heterocycles. The molecule has 2 aromatic carbocycles. The van der Waals surface area contributed by atoms with Crippen LogP contribution in [0.2, 0.25) is 0 Å². The molecule has 0 radical (unpaired) electrons. The minimum absolute atomic E-state index is 0.0303. The predicted molar refractivity (Wildman–Crippen MR) is 95.2 cm³/mol. The zero-order chi connectivity index (χ0) is 17.3. The van der Waals surface area contributed by atoms with Crippen LogP contribution in [0.25, 0.3) is 0 Å². The molecule has 0 spiro atoms. The van der Waals surface area contributed by atoms with E-state index in [0.29, 0.717) is 18.9 Å². The first-order valence-corrected chi connectivity index (χ1v) is 8.50. The number of carbonyl (C=O) groups is 1. The van der Waals surface area contributed by atoms with Crippen LogP contribution in [0.1, 0.15) is 34.1 Å². The summed E-state index contributed by atoms with van der Waals surface area (Å²) in [5.74, 6) is 0.201. The lowest BCUT2D eigenvalue weighted by Crippen LogP contribution is -2.25. The Labute approximate surface area is 147 Å². The molecule has 5 heteroatoms. The van der Waals surface area contributed by atoms with Gasteiger partial charge < -0.3 is 9.73 Å². The second-order valence-electron chi connectivity index (χ2n) is 5.83. The molecule has 0 atom stereocenters. The molecule has 128 valence electrons. The van der Waals surface area contributed by atoms with Gasteiger partial charge in [-0.05, 0) is 30.4 Å². The normalized spacial score (nSPS) is 10.6. The Hall–Kier alpha value is -2.95. The van der Waals surface area contributed by atoms with E-state index in [-0.39, 0.29) is 11.8 Å². The minimum atomic E-state index is -0.313. The smallest absolute Gasteiger partial charge is 0.308 e. The Balaban J connectivity index is 1.41. The van der Waals surface area contributed by atoms with Crippen molar-refractivity contribution in [1.29, 1.82) is 0 Å². The summed E-state index contributed by atoms with van der Waals surface area (Å²) in [5.41, 5.74) is 2.46. The molecule has 1 heterocycles. The summed E-state index contributed by atoms with van der Waals surface area (Å²) in [4.78, 5) is 12.0. The fourth-order valence-electron chi connectivity index (χ4n) is 2.56. The molecule has 25 heavy (non-hydrogen) atoms. The van der Waals surface area contributed by atoms with Crippen LogP contribution < -0.4 is 5.32 Å². The lowest BCUT2D eigenvalue weighted by Gasteiger charge is -2.02. The molecule has 0 fully saturated rings. The van der Waals surface area contributed by atoms with Gasteiger partial charge >= 0.3 is 11.8 Å². The molecule has 1 N–H and O–H groups in total. The molecule has 0 saturated carbocycles. The van der Waals surface area contributed by atoms with Crippen molar-refractivity contribution >= 4 is 5.91 Å². The average Bonchev–Trinajstić information content (AvgIpc) is 3.14. The lowest BCUT2D eigenvalue weighted by molar-refractivity contribution is 0.0916. The quantitative estimate of drug-likeness (QED) is 0.642. The van der Waals surface area contributed by atoms with Crippen LogP contribution in [0, 0.1) is 0 Å². The van der Waals surface area contributed by atoms with E-state index >= 15 is 0 Å². The summed E-state index contributed by atoms with van der Waals surface area (Å²) in [6.07, 6.45) is 3.22. The highest BCUT2D eigenvalue weighted by molar-refractivity contribution is 5.89. The van der Waals surface area contributed by atoms with Crippen molar-refractivity contribution in [2.45, 2.75) is 25.7 Å². The Morgan fingerprint density at radius 3 is 2.16 bits per heavy atom. The van der Waals surface area contributed by atoms with Crippen LogP contribution in [-0.2, 0) is 19.3 Å². The first-order chi connectivity index (χ1) is 12.3. The highest BCUT2D eigenvalue weighted by Crippen LogP contribution is 2.07. The standard InChI is InChI=1S/C20H21N3O2/c24-19(21-15-7-12-16-8-3-1-4-9-16)20-23-22-18(25-20)14-13-17-10-5-2-6-11-17/h1-6,8-11H,7,12-15H2,(H,21,24). The second-order valence-corrected chi connectivity index (χ2v) is 5.83. The maximum Gasteiger partial charge on any atom is 0.308 e. The van der Waals surface area contributed by atoms with Gasteiger partial charge in [-0.1, -0.05) is 60.7 Å². The van der Waals surface area contributed by atoms with Crippen LogP contribution in [0.5, 0.6) is 0 Å². The van der Waals surface area contributed by atoms with Crippen LogP contribution in [0.3, 0.4) is 0 Å². The largest absolute Gasteiger partial charge is 0.417 e. The van der Waals surface area contributed by atoms with E-state index in [1.54, 1.807) is 0 Å². The first-order valence-electron chi connectivity index (χ1n) is 8.50. The zero-order valence-electron chi connectivity index (χ0n) is 14.0. The number of carbonyl (C=O) groups excluding carboxylic acids is 1. The fourth-order valence-corrected chi connectivity index (χ4v) is 2.56. The second kappa shape index (κ2) is 8.78. The van der Waals surface area contributed by atoms with Crippen molar-refractivity contribution in [3.8, 4) is 0 Å². The minimum Gasteiger partial charge on any atom is -0.417 e. The topological polar surface area (TPSA) is 68.0 Å². The molecule has 0 bridgehead atoms. The van der Waals surface area contributed by atoms with Crippen molar-refractivity contribution in [1.82, 2.24) is 15.5 Å². The van der Waals surface area contributed by atoms with E-state index in [1.165, 1.54) is 11.1 Å². The predicted octanol–water partition coefficient (Wildman–Crippen LogP) is 3.22. The molecular weight excluding hydrogens is 314 g/mol. The maximum absolute atomic E-state index is 12.0. The third-order valence-corrected chi connectivity index (χ3v) is 3.90. The molecule has 0 aliphatic rings. The van der Waals surface area contributed by atoms with Gasteiger partial charge in [-0.15, -0.1) is 10.2 Å². The van der Waals surface area contributed by atoms with Crippen LogP contribution in [0.4, 0.5) is 0 Å². The fraction of sp³-hybridized carbons (Fsp3) is 0.250. The molecule has 1 aromatic heterocycles. The Bertz CT molecular complexity index is 785. The number of benzene rings is 2. The third-order valence-electron chi connectivity index (χ3n) is 3.90. The van der Waals surface area contributed by atoms with Crippen LogP contribution >= 0.6 is 0 Å². The summed E-state index contributed by atoms with van der Waals surface area (Å²) < 4.78 is 5.45. The molecule has 0 unspecified atom stereocenters. The summed E-state index contributed by atoms with van der Waals surface area (Å²) in [7, 11) is 0. The molecule has 0 aliphatic heterocycles. The van der Waals surface area contributed by atoms with Gasteiger partial charge in [0, 0.05) is 13.0 Å². The van der Waals surface area contributed by atoms with Crippen molar-refractivity contribution in [2.75, 3.05) is 6.54 Å². The molecule has 5 nitrogen and oxygen atoms in total. The highest BCUT2D eigenvalue weighted by atomic mass is 16.4. The number of hydrogen-bond acceptors (Lipinski definition) is 4. The molecule has 3 rings (SSSR count). The summed E-state index contributed by atoms with van der Waals surface area (Å²) >= 11 is 0. The molecule has 0 aliphatic carbocycles. The number of rotatable bonds is 8. The van der Waals surface area contributed by atoms with E-state index in [2.05, 4.69) is 39.8 Å². The van der Waals surface area contributed by atoms with E-state index in [0.717, 1.165) is 19.3 Å². The van der Waals surface area contributed by atoms with Gasteiger partial charge in [0.05, 0.1) is 0 Å². The van der Waals surface area contributed by atoms with Crippen molar-refractivity contribution < 1.29 is 9.21 Å². The lowest BCUT2D eigenvalue weighted by atomic mass is 10.1. The van der Waals surface area contributed by atoms with Gasteiger partial charge in [0.2, 0.25) is 5.89 Å². The Kier molecular flexibility index (Phi) is 5.93. The monoisotopic (exact) mass is 335 g/mol. The van der Waals surface area contributed by atoms with Gasteiger partial charge in [-0.3, -0.25) is 4.79 Å². The Morgan fingerprint density at radius 1 is 0.840 bits per heavy atom. The van der Waals surface area contributed by atoms with E-state index in [9.17, 15) is 4.79 Å². The van der Waals surface area contributed by atoms with Gasteiger partial charge in [-0.2, -0.15) is 0 Å². The number of nitrogens with one attached hydrogen (secondary N) is 1. The van der Waals surface area contributed by atoms with Gasteiger partial charge in [-0.25, -0.2) is 0 Å². The number of nitrogens with zero attached hydrogens (tertiary/aromatic N) is 2. The number of amides is 1. The number of aryl methyl sites for hydroxylation is 3. The highest BCUT2D eigenvalue weighted by Gasteiger charge is 2.14. The van der Waals surface area contributed by atoms with Crippen LogP contribution in [-0.4, -0.2) is 22.6 Å². The Morgan fingerprint density at radius 2 is 1.48 bits per heavy atom. The van der Waals surface area contributed by atoms with E-state index in [1.807, 2.05) is 36.4 Å². The van der Waals surface area contributed by atoms with E-state index in [4.69, 9.17) is 4.42 Å². The zero-order valence-corrected chi connectivity index (χ0v) is 14.0. The summed E-state index contributed by atoms with van der Waals surface area (Å²) in [5, 5.41) is 10.6. The first kappa shape index (κ1) is 16.9. The molecule has 3 aromatic rings. The SMILES string of the molecule is O=C(NCCCc1ccccc1)c1nnc(CCc2ccccc2)o1. The van der Waals surface area contributed by atoms with Gasteiger partial charge in [0.15, 0.2) is 0 Å².